The molecule has 0 aliphatic rings. The summed E-state index contributed by atoms with van der Waals surface area (Å²) in [7, 11) is 0. The van der Waals surface area contributed by atoms with Crippen LogP contribution in [0.15, 0.2) is 42.7 Å². The van der Waals surface area contributed by atoms with Crippen molar-refractivity contribution in [1.29, 1.82) is 0 Å². The molecule has 0 saturated heterocycles. The van der Waals surface area contributed by atoms with Crippen molar-refractivity contribution in [2.45, 2.75) is 6.92 Å². The molecule has 0 radical (unpaired) electrons. The lowest BCUT2D eigenvalue weighted by Crippen LogP contribution is -1.92. The number of pyridine rings is 1. The first kappa shape index (κ1) is 10.8. The number of nitrogens with zero attached hydrogens (tertiary/aromatic N) is 3. The molecular weight excluding hydrogens is 229 g/mol. The second-order valence-corrected chi connectivity index (χ2v) is 4.13. The van der Waals surface area contributed by atoms with E-state index in [0.717, 1.165) is 10.9 Å². The fourth-order valence-corrected chi connectivity index (χ4v) is 1.87. The lowest BCUT2D eigenvalue weighted by Gasteiger charge is -2.03. The van der Waals surface area contributed by atoms with Crippen LogP contribution in [0.2, 0.25) is 0 Å². The van der Waals surface area contributed by atoms with E-state index in [1.807, 2.05) is 25.1 Å². The summed E-state index contributed by atoms with van der Waals surface area (Å²) >= 11 is 0. The molecule has 88 valence electrons. The Kier molecular flexibility index (Phi) is 2.48. The van der Waals surface area contributed by atoms with Gasteiger partial charge in [-0.05, 0) is 42.8 Å². The molecule has 0 amide bonds. The van der Waals surface area contributed by atoms with Gasteiger partial charge in [0.25, 0.3) is 0 Å². The average molecular weight is 239 g/mol. The molecule has 2 heterocycles. The van der Waals surface area contributed by atoms with Crippen molar-refractivity contribution >= 4 is 11.0 Å². The normalized spacial score (nSPS) is 10.8. The standard InChI is InChI=1S/C14H10FN3/c1-9-5-11(7-12(15)6-9)14-17-8-10-3-2-4-16-13(10)18-14/h2-8H,1H3. The van der Waals surface area contributed by atoms with Crippen LogP contribution >= 0.6 is 0 Å². The van der Waals surface area contributed by atoms with Gasteiger partial charge in [0.15, 0.2) is 11.5 Å². The zero-order valence-electron chi connectivity index (χ0n) is 9.76. The zero-order chi connectivity index (χ0) is 12.5. The van der Waals surface area contributed by atoms with Crippen molar-refractivity contribution < 1.29 is 4.39 Å². The molecule has 4 heteroatoms. The van der Waals surface area contributed by atoms with Crippen molar-refractivity contribution in [1.82, 2.24) is 15.0 Å². The van der Waals surface area contributed by atoms with Gasteiger partial charge >= 0.3 is 0 Å². The maximum atomic E-state index is 13.4. The van der Waals surface area contributed by atoms with Gasteiger partial charge in [-0.15, -0.1) is 0 Å². The molecular formula is C14H10FN3. The average Bonchev–Trinajstić information content (AvgIpc) is 2.37. The van der Waals surface area contributed by atoms with E-state index in [0.29, 0.717) is 17.0 Å². The Labute approximate surface area is 103 Å². The highest BCUT2D eigenvalue weighted by molar-refractivity contribution is 5.75. The predicted molar refractivity (Wildman–Crippen MR) is 67.5 cm³/mol. The van der Waals surface area contributed by atoms with Crippen LogP contribution in [0.1, 0.15) is 5.56 Å². The molecule has 0 saturated carbocycles. The first-order chi connectivity index (χ1) is 8.72. The molecule has 0 atom stereocenters. The van der Waals surface area contributed by atoms with E-state index in [2.05, 4.69) is 15.0 Å². The van der Waals surface area contributed by atoms with Crippen molar-refractivity contribution in [3.8, 4) is 11.4 Å². The van der Waals surface area contributed by atoms with Crippen LogP contribution < -0.4 is 0 Å². The third kappa shape index (κ3) is 1.93. The number of halogens is 1. The largest absolute Gasteiger partial charge is 0.237 e. The van der Waals surface area contributed by atoms with Crippen LogP contribution in [0.4, 0.5) is 4.39 Å². The van der Waals surface area contributed by atoms with E-state index in [1.54, 1.807) is 12.4 Å². The van der Waals surface area contributed by atoms with E-state index in [1.165, 1.54) is 12.1 Å². The van der Waals surface area contributed by atoms with E-state index in [-0.39, 0.29) is 5.82 Å². The number of rotatable bonds is 1. The Bertz CT molecular complexity index is 705. The minimum Gasteiger partial charge on any atom is -0.237 e. The molecule has 0 N–H and O–H groups in total. The van der Waals surface area contributed by atoms with Gasteiger partial charge in [-0.25, -0.2) is 19.3 Å². The molecule has 0 unspecified atom stereocenters. The van der Waals surface area contributed by atoms with Gasteiger partial charge in [0.2, 0.25) is 0 Å². The van der Waals surface area contributed by atoms with Gasteiger partial charge in [0.1, 0.15) is 5.82 Å². The van der Waals surface area contributed by atoms with Crippen molar-refractivity contribution in [3.63, 3.8) is 0 Å². The zero-order valence-corrected chi connectivity index (χ0v) is 9.76. The fraction of sp³-hybridized carbons (Fsp3) is 0.0714. The Morgan fingerprint density at radius 2 is 2.00 bits per heavy atom. The number of hydrogen-bond acceptors (Lipinski definition) is 3. The molecule has 1 aromatic carbocycles. The van der Waals surface area contributed by atoms with Gasteiger partial charge in [0, 0.05) is 23.3 Å². The van der Waals surface area contributed by atoms with Gasteiger partial charge in [-0.1, -0.05) is 0 Å². The third-order valence-corrected chi connectivity index (χ3v) is 2.65. The number of aryl methyl sites for hydroxylation is 1. The van der Waals surface area contributed by atoms with Crippen LogP contribution in [-0.2, 0) is 0 Å². The summed E-state index contributed by atoms with van der Waals surface area (Å²) in [6.45, 7) is 1.84. The maximum absolute atomic E-state index is 13.4. The SMILES string of the molecule is Cc1cc(F)cc(-c2ncc3cccnc3n2)c1. The molecule has 0 aliphatic carbocycles. The highest BCUT2D eigenvalue weighted by Gasteiger charge is 2.05. The molecule has 0 bridgehead atoms. The quantitative estimate of drug-likeness (QED) is 0.654. The van der Waals surface area contributed by atoms with Crippen molar-refractivity contribution in [2.75, 3.05) is 0 Å². The summed E-state index contributed by atoms with van der Waals surface area (Å²) in [5.74, 6) is 0.207. The highest BCUT2D eigenvalue weighted by Crippen LogP contribution is 2.19. The highest BCUT2D eigenvalue weighted by atomic mass is 19.1. The van der Waals surface area contributed by atoms with E-state index in [9.17, 15) is 4.39 Å². The minimum absolute atomic E-state index is 0.283. The Morgan fingerprint density at radius 1 is 1.11 bits per heavy atom. The lowest BCUT2D eigenvalue weighted by molar-refractivity contribution is 0.627. The molecule has 0 fully saturated rings. The van der Waals surface area contributed by atoms with E-state index in [4.69, 9.17) is 0 Å². The first-order valence-corrected chi connectivity index (χ1v) is 5.58. The number of fused-ring (bicyclic) bond motifs is 1. The van der Waals surface area contributed by atoms with Gasteiger partial charge in [-0.2, -0.15) is 0 Å². The summed E-state index contributed by atoms with van der Waals surface area (Å²) in [5, 5.41) is 0.870. The van der Waals surface area contributed by atoms with Crippen LogP contribution in [0.25, 0.3) is 22.4 Å². The summed E-state index contributed by atoms with van der Waals surface area (Å²) in [4.78, 5) is 12.7. The Morgan fingerprint density at radius 3 is 2.83 bits per heavy atom. The molecule has 3 aromatic rings. The summed E-state index contributed by atoms with van der Waals surface area (Å²) in [6, 6.07) is 8.48. The Balaban J connectivity index is 2.19. The van der Waals surface area contributed by atoms with Crippen LogP contribution in [0.3, 0.4) is 0 Å². The van der Waals surface area contributed by atoms with Crippen LogP contribution in [0.5, 0.6) is 0 Å². The maximum Gasteiger partial charge on any atom is 0.163 e. The molecule has 18 heavy (non-hydrogen) atoms. The third-order valence-electron chi connectivity index (χ3n) is 2.65. The molecule has 3 rings (SSSR count). The minimum atomic E-state index is -0.283. The topological polar surface area (TPSA) is 38.7 Å². The van der Waals surface area contributed by atoms with Crippen molar-refractivity contribution in [2.24, 2.45) is 0 Å². The van der Waals surface area contributed by atoms with E-state index < -0.39 is 0 Å². The first-order valence-electron chi connectivity index (χ1n) is 5.58. The summed E-state index contributed by atoms with van der Waals surface area (Å²) in [5.41, 5.74) is 2.12. The second kappa shape index (κ2) is 4.14. The molecule has 3 nitrogen and oxygen atoms in total. The van der Waals surface area contributed by atoms with Gasteiger partial charge < -0.3 is 0 Å². The van der Waals surface area contributed by atoms with Crippen LogP contribution in [0, 0.1) is 12.7 Å². The second-order valence-electron chi connectivity index (χ2n) is 4.13. The Hall–Kier alpha value is -2.36. The van der Waals surface area contributed by atoms with Crippen LogP contribution in [-0.4, -0.2) is 15.0 Å². The number of hydrogen-bond donors (Lipinski definition) is 0. The van der Waals surface area contributed by atoms with Gasteiger partial charge in [0.05, 0.1) is 0 Å². The van der Waals surface area contributed by atoms with E-state index >= 15 is 0 Å². The smallest absolute Gasteiger partial charge is 0.163 e. The molecule has 0 spiro atoms. The summed E-state index contributed by atoms with van der Waals surface area (Å²) in [6.07, 6.45) is 3.38. The van der Waals surface area contributed by atoms with Gasteiger partial charge in [-0.3, -0.25) is 0 Å². The molecule has 0 aliphatic heterocycles. The van der Waals surface area contributed by atoms with Crippen molar-refractivity contribution in [3.05, 3.63) is 54.1 Å². The predicted octanol–water partition coefficient (Wildman–Crippen LogP) is 3.14. The molecule has 2 aromatic heterocycles. The summed E-state index contributed by atoms with van der Waals surface area (Å²) < 4.78 is 13.4. The fourth-order valence-electron chi connectivity index (χ4n) is 1.87. The monoisotopic (exact) mass is 239 g/mol. The number of aromatic nitrogens is 3. The number of benzene rings is 1. The lowest BCUT2D eigenvalue weighted by atomic mass is 10.1.